The van der Waals surface area contributed by atoms with Crippen LogP contribution in [0.3, 0.4) is 0 Å². The summed E-state index contributed by atoms with van der Waals surface area (Å²) in [6.45, 7) is 5.95. The third-order valence-electron chi connectivity index (χ3n) is 4.98. The van der Waals surface area contributed by atoms with Gasteiger partial charge in [0.2, 0.25) is 5.89 Å². The molecule has 0 amide bonds. The van der Waals surface area contributed by atoms with Crippen molar-refractivity contribution in [3.63, 3.8) is 0 Å². The Morgan fingerprint density at radius 3 is 2.56 bits per heavy atom. The summed E-state index contributed by atoms with van der Waals surface area (Å²) in [6.07, 6.45) is 8.42. The van der Waals surface area contributed by atoms with Gasteiger partial charge in [0.25, 0.3) is 5.89 Å². The van der Waals surface area contributed by atoms with Crippen LogP contribution in [0.15, 0.2) is 50.2 Å². The Kier molecular flexibility index (Phi) is 6.51. The highest BCUT2D eigenvalue weighted by Gasteiger charge is 2.32. The number of hydrogen-bond donors (Lipinski definition) is 0. The molecule has 1 aliphatic rings. The van der Waals surface area contributed by atoms with E-state index in [-0.39, 0.29) is 17.2 Å². The Labute approximate surface area is 207 Å². The second-order valence-electron chi connectivity index (χ2n) is 8.48. The summed E-state index contributed by atoms with van der Waals surface area (Å²) < 4.78 is 21.7. The molecule has 0 bridgehead atoms. The van der Waals surface area contributed by atoms with Crippen LogP contribution in [0.25, 0.3) is 17.3 Å². The van der Waals surface area contributed by atoms with Gasteiger partial charge in [-0.1, -0.05) is 78.1 Å². The highest BCUT2D eigenvalue weighted by molar-refractivity contribution is 9.11. The van der Waals surface area contributed by atoms with E-state index >= 15 is 0 Å². The maximum atomic E-state index is 13.0. The van der Waals surface area contributed by atoms with Crippen molar-refractivity contribution in [3.8, 4) is 17.3 Å². The molecule has 2 atom stereocenters. The summed E-state index contributed by atoms with van der Waals surface area (Å²) >= 11 is 16.2. The smallest absolute Gasteiger partial charge is 0.269 e. The van der Waals surface area contributed by atoms with Crippen molar-refractivity contribution in [2.45, 2.75) is 43.4 Å². The highest BCUT2D eigenvalue weighted by atomic mass is 79.9. The van der Waals surface area contributed by atoms with E-state index in [1.807, 2.05) is 26.8 Å². The number of rotatable bonds is 4. The molecule has 0 fully saturated rings. The fourth-order valence-corrected chi connectivity index (χ4v) is 5.18. The molecule has 0 spiro atoms. The first-order valence-electron chi connectivity index (χ1n) is 9.86. The molecule has 4 rings (SSSR count). The molecule has 2 heterocycles. The first-order chi connectivity index (χ1) is 15.1. The van der Waals surface area contributed by atoms with Crippen LogP contribution in [-0.4, -0.2) is 30.4 Å². The molecule has 10 heteroatoms. The van der Waals surface area contributed by atoms with Gasteiger partial charge >= 0.3 is 0 Å². The van der Waals surface area contributed by atoms with Gasteiger partial charge in [0.05, 0.1) is 32.1 Å². The minimum atomic E-state index is -1.39. The van der Waals surface area contributed by atoms with Gasteiger partial charge in [0, 0.05) is 27.1 Å². The van der Waals surface area contributed by atoms with E-state index in [4.69, 9.17) is 32.7 Å². The van der Waals surface area contributed by atoms with Gasteiger partial charge in [-0.2, -0.15) is 5.10 Å². The fraction of sp³-hybridized carbons (Fsp3) is 0.318. The van der Waals surface area contributed by atoms with Crippen molar-refractivity contribution in [2.24, 2.45) is 0 Å². The van der Waals surface area contributed by atoms with Crippen LogP contribution in [0.4, 0.5) is 0 Å². The van der Waals surface area contributed by atoms with Crippen LogP contribution in [0.5, 0.6) is 0 Å². The number of nitrogens with zero attached hydrogens (tertiary/aromatic N) is 4. The van der Waals surface area contributed by atoms with E-state index in [0.29, 0.717) is 38.6 Å². The van der Waals surface area contributed by atoms with Crippen LogP contribution in [-0.2, 0) is 16.2 Å². The van der Waals surface area contributed by atoms with Crippen molar-refractivity contribution in [2.75, 3.05) is 6.26 Å². The predicted molar refractivity (Wildman–Crippen MR) is 131 cm³/mol. The third-order valence-corrected chi connectivity index (χ3v) is 7.08. The molecule has 0 saturated carbocycles. The lowest BCUT2D eigenvalue weighted by Crippen LogP contribution is -2.11. The average Bonchev–Trinajstić information content (AvgIpc) is 3.33. The van der Waals surface area contributed by atoms with Gasteiger partial charge in [0.15, 0.2) is 5.69 Å². The maximum Gasteiger partial charge on any atom is 0.269 e. The Morgan fingerprint density at radius 2 is 2.00 bits per heavy atom. The molecule has 32 heavy (non-hydrogen) atoms. The summed E-state index contributed by atoms with van der Waals surface area (Å²) in [7, 11) is -1.39. The van der Waals surface area contributed by atoms with Crippen LogP contribution >= 0.6 is 39.1 Å². The second-order valence-corrected chi connectivity index (χ2v) is 11.6. The molecule has 1 aliphatic carbocycles. The minimum absolute atomic E-state index is 0.0757. The molecule has 168 valence electrons. The molecule has 0 radical (unpaired) electrons. The molecule has 0 saturated heterocycles. The fourth-order valence-electron chi connectivity index (χ4n) is 3.42. The summed E-state index contributed by atoms with van der Waals surface area (Å²) in [6, 6.07) is 5.19. The van der Waals surface area contributed by atoms with Crippen molar-refractivity contribution in [1.29, 1.82) is 0 Å². The Morgan fingerprint density at radius 1 is 1.25 bits per heavy atom. The van der Waals surface area contributed by atoms with E-state index in [9.17, 15) is 4.21 Å². The Hall–Kier alpha value is -1.74. The van der Waals surface area contributed by atoms with Gasteiger partial charge in [-0.25, -0.2) is 4.68 Å². The standard InChI is InChI=1S/C22H21BrCl2N4O2S/c1-22(2,3)21-27-26-20(31-21)17-19(32(4)30)18(12-5-7-13(23)8-6-12)29(28-17)16-10-9-14(24)11-15(16)25/h5,7-12H,6H2,1-4H3. The Bertz CT molecular complexity index is 1270. The number of benzene rings is 1. The second kappa shape index (κ2) is 8.89. The first-order valence-corrected chi connectivity index (χ1v) is 13.0. The quantitative estimate of drug-likeness (QED) is 0.363. The largest absolute Gasteiger partial charge is 0.419 e. The molecule has 3 aromatic rings. The third kappa shape index (κ3) is 4.51. The molecular formula is C22H21BrCl2N4O2S. The number of halogens is 3. The zero-order valence-corrected chi connectivity index (χ0v) is 21.8. The summed E-state index contributed by atoms with van der Waals surface area (Å²) in [5.74, 6) is 0.625. The van der Waals surface area contributed by atoms with E-state index in [0.717, 1.165) is 10.2 Å². The average molecular weight is 556 g/mol. The van der Waals surface area contributed by atoms with Crippen molar-refractivity contribution in [1.82, 2.24) is 20.0 Å². The summed E-state index contributed by atoms with van der Waals surface area (Å²) in [5, 5.41) is 14.1. The predicted octanol–water partition coefficient (Wildman–Crippen LogP) is 6.59. The van der Waals surface area contributed by atoms with Crippen molar-refractivity contribution >= 4 is 49.9 Å². The molecule has 0 aliphatic heterocycles. The number of allylic oxidation sites excluding steroid dienone is 4. The van der Waals surface area contributed by atoms with Crippen LogP contribution < -0.4 is 0 Å². The zero-order chi connectivity index (χ0) is 23.2. The van der Waals surface area contributed by atoms with Crippen molar-refractivity contribution in [3.05, 3.63) is 62.5 Å². The summed E-state index contributed by atoms with van der Waals surface area (Å²) in [5.41, 5.74) is 1.44. The molecular weight excluding hydrogens is 535 g/mol. The van der Waals surface area contributed by atoms with Gasteiger partial charge < -0.3 is 4.42 Å². The molecule has 0 N–H and O–H groups in total. The first kappa shape index (κ1) is 23.4. The van der Waals surface area contributed by atoms with Crippen LogP contribution in [0.1, 0.15) is 44.7 Å². The van der Waals surface area contributed by atoms with Gasteiger partial charge in [-0.3, -0.25) is 4.21 Å². The lowest BCUT2D eigenvalue weighted by molar-refractivity contribution is 0.398. The monoisotopic (exact) mass is 554 g/mol. The van der Waals surface area contributed by atoms with Crippen LogP contribution in [0, 0.1) is 0 Å². The van der Waals surface area contributed by atoms with E-state index < -0.39 is 10.8 Å². The highest BCUT2D eigenvalue weighted by Crippen LogP contribution is 2.40. The van der Waals surface area contributed by atoms with Gasteiger partial charge in [0.1, 0.15) is 0 Å². The number of hydrogen-bond acceptors (Lipinski definition) is 5. The Balaban J connectivity index is 1.98. The van der Waals surface area contributed by atoms with E-state index in [1.165, 1.54) is 0 Å². The van der Waals surface area contributed by atoms with E-state index in [2.05, 4.69) is 38.3 Å². The minimum Gasteiger partial charge on any atom is -0.419 e. The molecule has 6 nitrogen and oxygen atoms in total. The summed E-state index contributed by atoms with van der Waals surface area (Å²) in [4.78, 5) is 0.543. The van der Waals surface area contributed by atoms with Gasteiger partial charge in [-0.05, 0) is 24.6 Å². The maximum absolute atomic E-state index is 13.0. The van der Waals surface area contributed by atoms with Crippen LogP contribution in [0.2, 0.25) is 10.0 Å². The topological polar surface area (TPSA) is 73.8 Å². The molecule has 1 aromatic carbocycles. The van der Waals surface area contributed by atoms with Crippen molar-refractivity contribution < 1.29 is 8.63 Å². The lowest BCUT2D eigenvalue weighted by atomic mass is 9.96. The number of aromatic nitrogens is 4. The SMILES string of the molecule is CS(=O)c1c(-c2nnc(C(C)(C)C)o2)nn(-c2ccc(Cl)cc2Cl)c1C1C=CC(Br)=CC1. The lowest BCUT2D eigenvalue weighted by Gasteiger charge is -2.18. The van der Waals surface area contributed by atoms with Gasteiger partial charge in [-0.15, -0.1) is 10.2 Å². The normalized spacial score (nSPS) is 17.5. The van der Waals surface area contributed by atoms with E-state index in [1.54, 1.807) is 29.1 Å². The molecule has 2 unspecified atom stereocenters. The molecule has 2 aromatic heterocycles. The zero-order valence-electron chi connectivity index (χ0n) is 17.9.